The largest absolute Gasteiger partial charge is 0.446 e. The molecule has 0 saturated carbocycles. The molecule has 0 N–H and O–H groups in total. The number of aliphatic imine (C=N–C) groups is 1. The predicted molar refractivity (Wildman–Crippen MR) is 85.6 cm³/mol. The Bertz CT molecular complexity index is 547. The van der Waals surface area contributed by atoms with E-state index < -0.39 is 15.9 Å². The van der Waals surface area contributed by atoms with Crippen molar-refractivity contribution in [2.75, 3.05) is 19.9 Å². The molecule has 2 rings (SSSR count). The number of benzene rings is 1. The molecule has 1 aromatic carbocycles. The summed E-state index contributed by atoms with van der Waals surface area (Å²) in [5.74, 6) is -0.611. The molecule has 0 radical (unpaired) electrons. The molecule has 0 aliphatic carbocycles. The van der Waals surface area contributed by atoms with Crippen LogP contribution in [-0.2, 0) is 30.3 Å². The number of ether oxygens (including phenoxy) is 4. The molecule has 0 bridgehead atoms. The minimum Gasteiger partial charge on any atom is -0.446 e. The highest BCUT2D eigenvalue weighted by Gasteiger charge is 2.29. The van der Waals surface area contributed by atoms with Crippen LogP contribution < -0.4 is 0 Å². The molecular weight excluding hydrogens is 369 g/mol. The first kappa shape index (κ1) is 18.3. The lowest BCUT2D eigenvalue weighted by Gasteiger charge is -2.20. The van der Waals surface area contributed by atoms with Crippen LogP contribution in [-0.4, -0.2) is 41.9 Å². The molecule has 0 spiro atoms. The van der Waals surface area contributed by atoms with Gasteiger partial charge in [-0.25, -0.2) is 9.79 Å². The van der Waals surface area contributed by atoms with Crippen LogP contribution in [0.3, 0.4) is 0 Å². The van der Waals surface area contributed by atoms with E-state index in [1.807, 2.05) is 30.3 Å². The Hall–Kier alpha value is -1.05. The topological polar surface area (TPSA) is 66.4 Å². The highest BCUT2D eigenvalue weighted by Crippen LogP contribution is 2.25. The lowest BCUT2D eigenvalue weighted by atomic mass is 10.2. The minimum atomic E-state index is -1.53. The number of esters is 1. The van der Waals surface area contributed by atoms with Crippen LogP contribution >= 0.6 is 34.8 Å². The van der Waals surface area contributed by atoms with E-state index in [1.165, 1.54) is 0 Å². The average Bonchev–Trinajstić information content (AvgIpc) is 2.51. The number of halogens is 3. The molecule has 1 heterocycles. The summed E-state index contributed by atoms with van der Waals surface area (Å²) in [5.41, 5.74) is 0.935. The molecular formula is C14H14Cl3NO5. The molecule has 0 unspecified atom stereocenters. The van der Waals surface area contributed by atoms with E-state index >= 15 is 0 Å². The van der Waals surface area contributed by atoms with Crippen molar-refractivity contribution in [3.63, 3.8) is 0 Å². The van der Waals surface area contributed by atoms with E-state index in [1.54, 1.807) is 0 Å². The van der Waals surface area contributed by atoms with Crippen molar-refractivity contribution in [1.29, 1.82) is 0 Å². The maximum Gasteiger partial charge on any atom is 0.391 e. The smallest absolute Gasteiger partial charge is 0.391 e. The van der Waals surface area contributed by atoms with Crippen LogP contribution in [0.4, 0.5) is 0 Å². The molecule has 0 aromatic heterocycles. The summed E-state index contributed by atoms with van der Waals surface area (Å²) in [6.07, 6.45) is -0.963. The second-order valence-corrected chi connectivity index (χ2v) is 7.05. The fourth-order valence-electron chi connectivity index (χ4n) is 1.62. The summed E-state index contributed by atoms with van der Waals surface area (Å²) in [6.45, 7) is -0.0531. The summed E-state index contributed by atoms with van der Waals surface area (Å²) >= 11 is 16.5. The molecule has 1 aliphatic heterocycles. The number of cyclic esters (lactones) is 1. The third-order valence-electron chi connectivity index (χ3n) is 2.66. The summed E-state index contributed by atoms with van der Waals surface area (Å²) in [4.78, 5) is 15.8. The zero-order valence-corrected chi connectivity index (χ0v) is 14.2. The van der Waals surface area contributed by atoms with Crippen LogP contribution in [0.5, 0.6) is 0 Å². The molecule has 6 nitrogen and oxygen atoms in total. The second-order valence-electron chi connectivity index (χ2n) is 4.54. The van der Waals surface area contributed by atoms with E-state index in [2.05, 4.69) is 4.99 Å². The van der Waals surface area contributed by atoms with Gasteiger partial charge in [-0.3, -0.25) is 0 Å². The Labute approximate surface area is 148 Å². The first-order valence-corrected chi connectivity index (χ1v) is 7.76. The van der Waals surface area contributed by atoms with Crippen molar-refractivity contribution in [3.05, 3.63) is 35.9 Å². The van der Waals surface area contributed by atoms with E-state index in [4.69, 9.17) is 53.8 Å². The van der Waals surface area contributed by atoms with E-state index in [9.17, 15) is 4.79 Å². The number of hydrogen-bond donors (Lipinski definition) is 0. The van der Waals surface area contributed by atoms with Crippen molar-refractivity contribution >= 4 is 46.9 Å². The monoisotopic (exact) mass is 381 g/mol. The number of carbonyl (C=O) groups excluding carboxylic acids is 1. The number of alkyl halides is 3. The summed E-state index contributed by atoms with van der Waals surface area (Å²) in [6, 6.07) is 9.44. The van der Waals surface area contributed by atoms with Gasteiger partial charge < -0.3 is 18.9 Å². The van der Waals surface area contributed by atoms with Gasteiger partial charge in [0.15, 0.2) is 6.10 Å². The molecule has 126 valence electrons. The fourth-order valence-corrected chi connectivity index (χ4v) is 1.85. The Morgan fingerprint density at radius 3 is 2.65 bits per heavy atom. The van der Waals surface area contributed by atoms with Crippen molar-refractivity contribution in [2.24, 2.45) is 4.99 Å². The van der Waals surface area contributed by atoms with Crippen molar-refractivity contribution in [2.45, 2.75) is 16.5 Å². The lowest BCUT2D eigenvalue weighted by Crippen LogP contribution is -2.37. The van der Waals surface area contributed by atoms with E-state index in [0.717, 1.165) is 5.56 Å². The molecule has 0 fully saturated rings. The van der Waals surface area contributed by atoms with Gasteiger partial charge in [-0.2, -0.15) is 0 Å². The number of carbonyl (C=O) groups is 1. The first-order chi connectivity index (χ1) is 10.9. The van der Waals surface area contributed by atoms with Gasteiger partial charge in [-0.05, 0) is 5.56 Å². The molecule has 9 heteroatoms. The van der Waals surface area contributed by atoms with Crippen molar-refractivity contribution in [1.82, 2.24) is 0 Å². The predicted octanol–water partition coefficient (Wildman–Crippen LogP) is 2.85. The van der Waals surface area contributed by atoms with Crippen molar-refractivity contribution in [3.8, 4) is 0 Å². The molecule has 0 saturated heterocycles. The Morgan fingerprint density at radius 2 is 2.00 bits per heavy atom. The van der Waals surface area contributed by atoms with Gasteiger partial charge in [-0.15, -0.1) is 0 Å². The Morgan fingerprint density at radius 1 is 1.26 bits per heavy atom. The SMILES string of the molecule is O=C1OC(OCc2ccccc2)=NC[C@H]1OCOCC(Cl)(Cl)Cl. The maximum atomic E-state index is 11.8. The van der Waals surface area contributed by atoms with Gasteiger partial charge in [0, 0.05) is 0 Å². The van der Waals surface area contributed by atoms with Gasteiger partial charge in [0.05, 0.1) is 13.2 Å². The third kappa shape index (κ3) is 6.93. The van der Waals surface area contributed by atoms with Crippen LogP contribution in [0.15, 0.2) is 35.3 Å². The standard InChI is InChI=1S/C14H14Cl3NO5/c15-14(16,17)8-20-9-22-11-6-18-13(23-12(11)19)21-7-10-4-2-1-3-5-10/h1-5,11H,6-9H2/t11-/m1/s1. The average molecular weight is 383 g/mol. The fraction of sp³-hybridized carbons (Fsp3) is 0.429. The molecule has 1 aromatic rings. The van der Waals surface area contributed by atoms with Gasteiger partial charge in [0.2, 0.25) is 3.79 Å². The third-order valence-corrected chi connectivity index (χ3v) is 2.99. The van der Waals surface area contributed by atoms with Gasteiger partial charge >= 0.3 is 12.1 Å². The minimum absolute atomic E-state index is 0.0695. The molecule has 1 aliphatic rings. The first-order valence-electron chi connectivity index (χ1n) is 6.63. The highest BCUT2D eigenvalue weighted by atomic mass is 35.6. The van der Waals surface area contributed by atoms with Crippen LogP contribution in [0.1, 0.15) is 5.56 Å². The van der Waals surface area contributed by atoms with Gasteiger partial charge in [-0.1, -0.05) is 65.1 Å². The van der Waals surface area contributed by atoms with Crippen LogP contribution in [0, 0.1) is 0 Å². The number of nitrogens with zero attached hydrogens (tertiary/aromatic N) is 1. The maximum absolute atomic E-state index is 11.8. The zero-order valence-electron chi connectivity index (χ0n) is 11.9. The number of rotatable bonds is 6. The van der Waals surface area contributed by atoms with E-state index in [0.29, 0.717) is 0 Å². The molecule has 23 heavy (non-hydrogen) atoms. The van der Waals surface area contributed by atoms with Crippen LogP contribution in [0.2, 0.25) is 0 Å². The number of hydrogen-bond acceptors (Lipinski definition) is 6. The van der Waals surface area contributed by atoms with Gasteiger partial charge in [0.25, 0.3) is 0 Å². The van der Waals surface area contributed by atoms with Crippen molar-refractivity contribution < 1.29 is 23.7 Å². The highest BCUT2D eigenvalue weighted by molar-refractivity contribution is 6.67. The lowest BCUT2D eigenvalue weighted by molar-refractivity contribution is -0.161. The zero-order chi connectivity index (χ0) is 16.7. The summed E-state index contributed by atoms with van der Waals surface area (Å²) < 4.78 is 18.9. The Balaban J connectivity index is 1.72. The summed E-state index contributed by atoms with van der Waals surface area (Å²) in [7, 11) is 0. The normalized spacial score (nSPS) is 18.3. The quantitative estimate of drug-likeness (QED) is 0.327. The molecule has 1 atom stereocenters. The van der Waals surface area contributed by atoms with Crippen LogP contribution in [0.25, 0.3) is 0 Å². The molecule has 0 amide bonds. The second kappa shape index (κ2) is 8.70. The van der Waals surface area contributed by atoms with E-state index in [-0.39, 0.29) is 32.6 Å². The van der Waals surface area contributed by atoms with Gasteiger partial charge in [0.1, 0.15) is 13.4 Å². The summed E-state index contributed by atoms with van der Waals surface area (Å²) in [5, 5.41) is 0. The Kier molecular flexibility index (Phi) is 6.92.